The second kappa shape index (κ2) is 3.91. The molecule has 2 nitrogen and oxygen atoms in total. The summed E-state index contributed by atoms with van der Waals surface area (Å²) in [5, 5.41) is 9.89. The van der Waals surface area contributed by atoms with Gasteiger partial charge in [-0.25, -0.2) is 0 Å². The van der Waals surface area contributed by atoms with Crippen LogP contribution in [-0.4, -0.2) is 11.7 Å². The molecule has 0 bridgehead atoms. The predicted octanol–water partition coefficient (Wildman–Crippen LogP) is 2.96. The van der Waals surface area contributed by atoms with Gasteiger partial charge in [0.2, 0.25) is 0 Å². The molecule has 14 heavy (non-hydrogen) atoms. The maximum Gasteiger partial charge on any atom is 0.139 e. The second-order valence-electron chi connectivity index (χ2n) is 3.67. The molecule has 0 spiro atoms. The van der Waals surface area contributed by atoms with Gasteiger partial charge in [0.05, 0.1) is 17.2 Å². The van der Waals surface area contributed by atoms with E-state index in [9.17, 15) is 5.11 Å². The number of hydrogen-bond donors (Lipinski definition) is 1. The van der Waals surface area contributed by atoms with E-state index in [2.05, 4.69) is 15.9 Å². The minimum atomic E-state index is -0.385. The number of aliphatic hydroxyl groups excluding tert-OH is 1. The fourth-order valence-electron chi connectivity index (χ4n) is 1.76. The van der Waals surface area contributed by atoms with Gasteiger partial charge >= 0.3 is 0 Å². The number of hydrogen-bond acceptors (Lipinski definition) is 2. The van der Waals surface area contributed by atoms with Gasteiger partial charge in [-0.3, -0.25) is 0 Å². The van der Waals surface area contributed by atoms with Crippen molar-refractivity contribution in [2.24, 2.45) is 0 Å². The number of fused-ring (bicyclic) bond motifs is 1. The lowest BCUT2D eigenvalue weighted by Gasteiger charge is -2.13. The molecule has 76 valence electrons. The van der Waals surface area contributed by atoms with Gasteiger partial charge in [-0.1, -0.05) is 0 Å². The molecular weight excluding hydrogens is 244 g/mol. The van der Waals surface area contributed by atoms with Crippen molar-refractivity contribution in [3.8, 4) is 5.75 Å². The molecule has 1 aliphatic rings. The van der Waals surface area contributed by atoms with E-state index in [1.807, 2.05) is 19.1 Å². The molecular formula is C11H13BrO2. The zero-order valence-electron chi connectivity index (χ0n) is 8.09. The molecule has 0 aromatic heterocycles. The molecule has 1 N–H and O–H groups in total. The SMILES string of the molecule is Cc1cc(Br)c2c(c1)[C@H](O)CCCO2. The first-order chi connectivity index (χ1) is 6.68. The Bertz CT molecular complexity index is 349. The lowest BCUT2D eigenvalue weighted by atomic mass is 10.0. The van der Waals surface area contributed by atoms with E-state index in [1.54, 1.807) is 0 Å². The number of aryl methyl sites for hydroxylation is 1. The quantitative estimate of drug-likeness (QED) is 0.774. The van der Waals surface area contributed by atoms with Crippen LogP contribution >= 0.6 is 15.9 Å². The van der Waals surface area contributed by atoms with Crippen molar-refractivity contribution in [3.63, 3.8) is 0 Å². The van der Waals surface area contributed by atoms with E-state index in [-0.39, 0.29) is 6.10 Å². The van der Waals surface area contributed by atoms with Crippen LogP contribution in [0.25, 0.3) is 0 Å². The predicted molar refractivity (Wildman–Crippen MR) is 58.6 cm³/mol. The van der Waals surface area contributed by atoms with Crippen molar-refractivity contribution in [3.05, 3.63) is 27.7 Å². The highest BCUT2D eigenvalue weighted by atomic mass is 79.9. The Morgan fingerprint density at radius 1 is 1.50 bits per heavy atom. The number of ether oxygens (including phenoxy) is 1. The van der Waals surface area contributed by atoms with Crippen LogP contribution in [0.3, 0.4) is 0 Å². The molecule has 1 heterocycles. The van der Waals surface area contributed by atoms with E-state index < -0.39 is 0 Å². The molecule has 0 aliphatic carbocycles. The lowest BCUT2D eigenvalue weighted by Crippen LogP contribution is -1.98. The number of halogens is 1. The Kier molecular flexibility index (Phi) is 2.79. The fraction of sp³-hybridized carbons (Fsp3) is 0.455. The van der Waals surface area contributed by atoms with Crippen LogP contribution in [0.4, 0.5) is 0 Å². The van der Waals surface area contributed by atoms with Crippen molar-refractivity contribution in [1.82, 2.24) is 0 Å². The lowest BCUT2D eigenvalue weighted by molar-refractivity contribution is 0.167. The summed E-state index contributed by atoms with van der Waals surface area (Å²) >= 11 is 3.46. The Balaban J connectivity index is 2.53. The normalized spacial score (nSPS) is 20.9. The van der Waals surface area contributed by atoms with E-state index >= 15 is 0 Å². The average molecular weight is 257 g/mol. The Hall–Kier alpha value is -0.540. The maximum absolute atomic E-state index is 9.89. The van der Waals surface area contributed by atoms with Crippen LogP contribution in [0.1, 0.15) is 30.1 Å². The van der Waals surface area contributed by atoms with Gasteiger partial charge < -0.3 is 9.84 Å². The molecule has 1 aromatic rings. The minimum Gasteiger partial charge on any atom is -0.492 e. The summed E-state index contributed by atoms with van der Waals surface area (Å²) in [4.78, 5) is 0. The van der Waals surface area contributed by atoms with Crippen LogP contribution in [0.15, 0.2) is 16.6 Å². The van der Waals surface area contributed by atoms with E-state index in [1.165, 1.54) is 0 Å². The van der Waals surface area contributed by atoms with Crippen LogP contribution in [0, 0.1) is 6.92 Å². The minimum absolute atomic E-state index is 0.385. The molecule has 1 aromatic carbocycles. The van der Waals surface area contributed by atoms with E-state index in [4.69, 9.17) is 4.74 Å². The van der Waals surface area contributed by atoms with Crippen LogP contribution < -0.4 is 4.74 Å². The largest absolute Gasteiger partial charge is 0.492 e. The summed E-state index contributed by atoms with van der Waals surface area (Å²) in [6.45, 7) is 2.70. The molecule has 0 radical (unpaired) electrons. The first-order valence-electron chi connectivity index (χ1n) is 4.79. The molecule has 3 heteroatoms. The molecule has 0 fully saturated rings. The van der Waals surface area contributed by atoms with Gasteiger partial charge in [0.25, 0.3) is 0 Å². The van der Waals surface area contributed by atoms with Crippen molar-refractivity contribution in [2.45, 2.75) is 25.9 Å². The maximum atomic E-state index is 9.89. The molecule has 1 atom stereocenters. The standard InChI is InChI=1S/C11H13BrO2/c1-7-5-8-10(13)3-2-4-14-11(8)9(12)6-7/h5-6,10,13H,2-4H2,1H3/t10-/m1/s1. The molecule has 0 saturated heterocycles. The smallest absolute Gasteiger partial charge is 0.139 e. The summed E-state index contributed by atoms with van der Waals surface area (Å²) in [7, 11) is 0. The van der Waals surface area contributed by atoms with Crippen LogP contribution in [0.2, 0.25) is 0 Å². The third kappa shape index (κ3) is 1.79. The Morgan fingerprint density at radius 2 is 2.29 bits per heavy atom. The van der Waals surface area contributed by atoms with E-state index in [0.717, 1.165) is 34.2 Å². The van der Waals surface area contributed by atoms with Crippen molar-refractivity contribution >= 4 is 15.9 Å². The van der Waals surface area contributed by atoms with Crippen molar-refractivity contribution in [2.75, 3.05) is 6.61 Å². The zero-order chi connectivity index (χ0) is 10.1. The first kappa shape index (κ1) is 9.99. The molecule has 1 aliphatic heterocycles. The Morgan fingerprint density at radius 3 is 3.07 bits per heavy atom. The van der Waals surface area contributed by atoms with Crippen molar-refractivity contribution < 1.29 is 9.84 Å². The second-order valence-corrected chi connectivity index (χ2v) is 4.53. The highest BCUT2D eigenvalue weighted by Crippen LogP contribution is 2.37. The highest BCUT2D eigenvalue weighted by Gasteiger charge is 2.19. The van der Waals surface area contributed by atoms with Crippen LogP contribution in [0.5, 0.6) is 5.75 Å². The molecule has 2 rings (SSSR count). The van der Waals surface area contributed by atoms with Gasteiger partial charge in [0, 0.05) is 5.56 Å². The summed E-state index contributed by atoms with van der Waals surface area (Å²) in [5.74, 6) is 0.806. The van der Waals surface area contributed by atoms with Gasteiger partial charge in [-0.05, 0) is 53.4 Å². The first-order valence-corrected chi connectivity index (χ1v) is 5.58. The van der Waals surface area contributed by atoms with Gasteiger partial charge in [-0.2, -0.15) is 0 Å². The van der Waals surface area contributed by atoms with Gasteiger partial charge in [0.15, 0.2) is 0 Å². The van der Waals surface area contributed by atoms with Crippen LogP contribution in [-0.2, 0) is 0 Å². The monoisotopic (exact) mass is 256 g/mol. The molecule has 0 saturated carbocycles. The average Bonchev–Trinajstić information content (AvgIpc) is 2.29. The summed E-state index contributed by atoms with van der Waals surface area (Å²) in [5.41, 5.74) is 2.05. The third-order valence-corrected chi connectivity index (χ3v) is 3.03. The summed E-state index contributed by atoms with van der Waals surface area (Å²) < 4.78 is 6.54. The molecule has 0 unspecified atom stereocenters. The third-order valence-electron chi connectivity index (χ3n) is 2.44. The topological polar surface area (TPSA) is 29.5 Å². The van der Waals surface area contributed by atoms with E-state index in [0.29, 0.717) is 6.61 Å². The number of rotatable bonds is 0. The summed E-state index contributed by atoms with van der Waals surface area (Å²) in [6, 6.07) is 4.01. The highest BCUT2D eigenvalue weighted by molar-refractivity contribution is 9.10. The van der Waals surface area contributed by atoms with Gasteiger partial charge in [0.1, 0.15) is 5.75 Å². The number of aliphatic hydroxyl groups is 1. The fourth-order valence-corrected chi connectivity index (χ4v) is 2.47. The van der Waals surface area contributed by atoms with Gasteiger partial charge in [-0.15, -0.1) is 0 Å². The molecule has 0 amide bonds. The number of benzene rings is 1. The zero-order valence-corrected chi connectivity index (χ0v) is 9.67. The Labute approximate surface area is 92.0 Å². The summed E-state index contributed by atoms with van der Waals surface area (Å²) in [6.07, 6.45) is 1.30. The van der Waals surface area contributed by atoms with Crippen molar-refractivity contribution in [1.29, 1.82) is 0 Å².